The van der Waals surface area contributed by atoms with Crippen LogP contribution < -0.4 is 21.5 Å². The summed E-state index contributed by atoms with van der Waals surface area (Å²) in [5.74, 6) is 1.35. The van der Waals surface area contributed by atoms with Gasteiger partial charge < -0.3 is 21.5 Å². The van der Waals surface area contributed by atoms with Crippen molar-refractivity contribution in [3.05, 3.63) is 35.0 Å². The number of thiazole rings is 1. The van der Waals surface area contributed by atoms with E-state index in [0.717, 1.165) is 53.9 Å². The highest BCUT2D eigenvalue weighted by Gasteiger charge is 2.19. The van der Waals surface area contributed by atoms with Gasteiger partial charge in [-0.15, -0.1) is 11.3 Å². The molecule has 9 nitrogen and oxygen atoms in total. The molecule has 0 amide bonds. The molecular formula is C21H28N8OS2. The van der Waals surface area contributed by atoms with Gasteiger partial charge in [-0.2, -0.15) is 0 Å². The Bertz CT molecular complexity index is 1030. The number of rotatable bonds is 8. The largest absolute Gasteiger partial charge is 0.476 e. The van der Waals surface area contributed by atoms with Gasteiger partial charge in [0.25, 0.3) is 0 Å². The number of nitrogens with zero attached hydrogens (tertiary/aromatic N) is 5. The summed E-state index contributed by atoms with van der Waals surface area (Å²) >= 11 is 3.15. The van der Waals surface area contributed by atoms with Gasteiger partial charge >= 0.3 is 0 Å². The topological polar surface area (TPSA) is 128 Å². The molecule has 0 radical (unpaired) electrons. The van der Waals surface area contributed by atoms with Gasteiger partial charge in [-0.3, -0.25) is 4.90 Å². The zero-order valence-electron chi connectivity index (χ0n) is 18.2. The Labute approximate surface area is 196 Å². The Balaban J connectivity index is 1.41. The molecular weight excluding hydrogens is 444 g/mol. The van der Waals surface area contributed by atoms with Crippen LogP contribution in [0.3, 0.4) is 0 Å². The summed E-state index contributed by atoms with van der Waals surface area (Å²) in [6.45, 7) is 9.86. The van der Waals surface area contributed by atoms with Crippen LogP contribution in [0, 0.1) is 6.92 Å². The lowest BCUT2D eigenvalue weighted by atomic mass is 10.2. The van der Waals surface area contributed by atoms with Gasteiger partial charge in [-0.1, -0.05) is 11.8 Å². The predicted octanol–water partition coefficient (Wildman–Crippen LogP) is 2.61. The van der Waals surface area contributed by atoms with E-state index in [-0.39, 0.29) is 5.25 Å². The number of hydrogen-bond donors (Lipinski definition) is 3. The fourth-order valence-corrected chi connectivity index (χ4v) is 5.53. The molecule has 0 spiro atoms. The zero-order valence-corrected chi connectivity index (χ0v) is 19.9. The first-order chi connectivity index (χ1) is 15.5. The highest BCUT2D eigenvalue weighted by molar-refractivity contribution is 7.99. The fraction of sp³-hybridized carbons (Fsp3) is 0.429. The highest BCUT2D eigenvalue weighted by atomic mass is 32.2. The number of pyridine rings is 1. The smallest absolute Gasteiger partial charge is 0.213 e. The second-order valence-electron chi connectivity index (χ2n) is 7.54. The van der Waals surface area contributed by atoms with Crippen molar-refractivity contribution in [3.8, 4) is 16.5 Å². The van der Waals surface area contributed by atoms with Crippen LogP contribution in [0.2, 0.25) is 0 Å². The number of ether oxygens (including phenoxy) is 1. The van der Waals surface area contributed by atoms with Crippen LogP contribution in [0.25, 0.3) is 10.6 Å². The Morgan fingerprint density at radius 1 is 1.19 bits per heavy atom. The average Bonchev–Trinajstić information content (AvgIpc) is 3.16. The summed E-state index contributed by atoms with van der Waals surface area (Å²) in [4.78, 5) is 21.3. The Morgan fingerprint density at radius 3 is 2.69 bits per heavy atom. The van der Waals surface area contributed by atoms with E-state index in [9.17, 15) is 0 Å². The number of aryl methyl sites for hydroxylation is 1. The van der Waals surface area contributed by atoms with Crippen molar-refractivity contribution in [3.63, 3.8) is 0 Å². The minimum Gasteiger partial charge on any atom is -0.476 e. The normalized spacial score (nSPS) is 15.6. The van der Waals surface area contributed by atoms with Crippen LogP contribution >= 0.6 is 23.1 Å². The first-order valence-corrected chi connectivity index (χ1v) is 12.2. The van der Waals surface area contributed by atoms with Crippen molar-refractivity contribution >= 4 is 34.7 Å². The minimum absolute atomic E-state index is 0.0535. The van der Waals surface area contributed by atoms with E-state index in [2.05, 4.69) is 39.0 Å². The number of anilines is 2. The summed E-state index contributed by atoms with van der Waals surface area (Å²) in [5.41, 5.74) is 13.6. The lowest BCUT2D eigenvalue weighted by Crippen LogP contribution is -2.44. The second kappa shape index (κ2) is 10.4. The maximum absolute atomic E-state index is 5.92. The van der Waals surface area contributed by atoms with Gasteiger partial charge in [0.15, 0.2) is 5.16 Å². The van der Waals surface area contributed by atoms with Gasteiger partial charge in [0.05, 0.1) is 10.9 Å². The molecule has 0 bridgehead atoms. The lowest BCUT2D eigenvalue weighted by Gasteiger charge is -2.26. The highest BCUT2D eigenvalue weighted by Crippen LogP contribution is 2.38. The summed E-state index contributed by atoms with van der Waals surface area (Å²) in [6.07, 6.45) is 1.77. The van der Waals surface area contributed by atoms with Crippen LogP contribution in [-0.4, -0.2) is 64.2 Å². The maximum Gasteiger partial charge on any atom is 0.213 e. The Hall–Kier alpha value is -2.47. The molecule has 4 heterocycles. The number of nitrogen functional groups attached to an aromatic ring is 2. The number of thioether (sulfide) groups is 1. The quantitative estimate of drug-likeness (QED) is 0.332. The third-order valence-corrected chi connectivity index (χ3v) is 7.10. The molecule has 1 saturated heterocycles. The first kappa shape index (κ1) is 22.7. The van der Waals surface area contributed by atoms with Gasteiger partial charge in [0, 0.05) is 61.5 Å². The van der Waals surface area contributed by atoms with Crippen LogP contribution in [0.5, 0.6) is 5.88 Å². The SMILES string of the molecule is Cc1sc(-c2ccnc(OCCN3CCNCC3)c2)nc1[C@@H](C)Sc1nc(N)cc(N)n1. The van der Waals surface area contributed by atoms with Crippen molar-refractivity contribution in [2.75, 3.05) is 50.8 Å². The van der Waals surface area contributed by atoms with Crippen LogP contribution in [0.15, 0.2) is 29.6 Å². The molecule has 1 fully saturated rings. The molecule has 4 rings (SSSR count). The molecule has 1 aliphatic heterocycles. The van der Waals surface area contributed by atoms with Gasteiger partial charge in [-0.25, -0.2) is 19.9 Å². The van der Waals surface area contributed by atoms with E-state index in [1.54, 1.807) is 23.6 Å². The summed E-state index contributed by atoms with van der Waals surface area (Å²) < 4.78 is 5.92. The Morgan fingerprint density at radius 2 is 1.94 bits per heavy atom. The molecule has 32 heavy (non-hydrogen) atoms. The molecule has 1 atom stereocenters. The van der Waals surface area contributed by atoms with E-state index < -0.39 is 0 Å². The molecule has 5 N–H and O–H groups in total. The number of hydrogen-bond acceptors (Lipinski definition) is 11. The van der Waals surface area contributed by atoms with Crippen LogP contribution in [-0.2, 0) is 0 Å². The van der Waals surface area contributed by atoms with Crippen molar-refractivity contribution < 1.29 is 4.74 Å². The van der Waals surface area contributed by atoms with Crippen molar-refractivity contribution in [1.29, 1.82) is 0 Å². The molecule has 0 aliphatic carbocycles. The molecule has 0 aromatic carbocycles. The monoisotopic (exact) mass is 472 g/mol. The lowest BCUT2D eigenvalue weighted by molar-refractivity contribution is 0.188. The van der Waals surface area contributed by atoms with Crippen LogP contribution in [0.1, 0.15) is 22.7 Å². The van der Waals surface area contributed by atoms with E-state index in [0.29, 0.717) is 29.3 Å². The van der Waals surface area contributed by atoms with Crippen molar-refractivity contribution in [2.24, 2.45) is 0 Å². The van der Waals surface area contributed by atoms with Gasteiger partial charge in [0.1, 0.15) is 23.3 Å². The molecule has 0 unspecified atom stereocenters. The number of piperazine rings is 1. The van der Waals surface area contributed by atoms with Crippen molar-refractivity contribution in [2.45, 2.75) is 24.3 Å². The number of nitrogens with one attached hydrogen (secondary N) is 1. The van der Waals surface area contributed by atoms with Gasteiger partial charge in [0.2, 0.25) is 5.88 Å². The van der Waals surface area contributed by atoms with Gasteiger partial charge in [-0.05, 0) is 19.9 Å². The number of nitrogens with two attached hydrogens (primary N) is 2. The number of aromatic nitrogens is 4. The van der Waals surface area contributed by atoms with E-state index in [1.165, 1.54) is 11.8 Å². The third kappa shape index (κ3) is 5.85. The maximum atomic E-state index is 5.92. The molecule has 1 aliphatic rings. The molecule has 0 saturated carbocycles. The predicted molar refractivity (Wildman–Crippen MR) is 130 cm³/mol. The minimum atomic E-state index is 0.0535. The second-order valence-corrected chi connectivity index (χ2v) is 10.1. The van der Waals surface area contributed by atoms with Crippen molar-refractivity contribution in [1.82, 2.24) is 30.2 Å². The average molecular weight is 473 g/mol. The standard InChI is InChI=1S/C21H28N8OS2/c1-13-19(14(2)32-21-26-16(22)12-17(23)27-21)28-20(31-13)15-3-4-25-18(11-15)30-10-9-29-7-5-24-6-8-29/h3-4,11-12,14,24H,5-10H2,1-2H3,(H4,22,23,26,27)/t14-/m1/s1. The summed E-state index contributed by atoms with van der Waals surface area (Å²) in [7, 11) is 0. The first-order valence-electron chi connectivity index (χ1n) is 10.5. The molecule has 170 valence electrons. The molecule has 11 heteroatoms. The summed E-state index contributed by atoms with van der Waals surface area (Å²) in [5, 5.41) is 4.90. The summed E-state index contributed by atoms with van der Waals surface area (Å²) in [6, 6.07) is 5.47. The van der Waals surface area contributed by atoms with E-state index >= 15 is 0 Å². The third-order valence-electron chi connectivity index (χ3n) is 5.09. The van der Waals surface area contributed by atoms with E-state index in [4.69, 9.17) is 21.2 Å². The van der Waals surface area contributed by atoms with E-state index in [1.807, 2.05) is 12.1 Å². The molecule has 3 aromatic rings. The molecule has 3 aromatic heterocycles. The van der Waals surface area contributed by atoms with Crippen LogP contribution in [0.4, 0.5) is 11.6 Å². The fourth-order valence-electron chi connectivity index (χ4n) is 3.47. The Kier molecular flexibility index (Phi) is 7.40. The zero-order chi connectivity index (χ0) is 22.5.